The third kappa shape index (κ3) is 3.30. The van der Waals surface area contributed by atoms with Gasteiger partial charge < -0.3 is 9.72 Å². The van der Waals surface area contributed by atoms with Crippen LogP contribution in [0.1, 0.15) is 42.7 Å². The lowest BCUT2D eigenvalue weighted by atomic mass is 9.87. The number of aryl methyl sites for hydroxylation is 1. The fourth-order valence-corrected chi connectivity index (χ4v) is 4.29. The highest BCUT2D eigenvalue weighted by Crippen LogP contribution is 2.35. The van der Waals surface area contributed by atoms with Gasteiger partial charge in [-0.25, -0.2) is 9.97 Å². The van der Waals surface area contributed by atoms with Gasteiger partial charge in [-0.05, 0) is 30.5 Å². The molecule has 3 aromatic rings. The van der Waals surface area contributed by atoms with E-state index in [4.69, 9.17) is 4.74 Å². The van der Waals surface area contributed by atoms with Gasteiger partial charge in [-0.1, -0.05) is 37.7 Å². The van der Waals surface area contributed by atoms with Gasteiger partial charge in [-0.15, -0.1) is 0 Å². The van der Waals surface area contributed by atoms with Crippen LogP contribution in [0.4, 0.5) is 0 Å². The van der Waals surface area contributed by atoms with Gasteiger partial charge in [-0.3, -0.25) is 9.59 Å². The Kier molecular flexibility index (Phi) is 4.93. The van der Waals surface area contributed by atoms with Crippen LogP contribution in [0.25, 0.3) is 22.2 Å². The summed E-state index contributed by atoms with van der Waals surface area (Å²) in [5.41, 5.74) is 2.82. The Hall–Kier alpha value is -2.67. The third-order valence-electron chi connectivity index (χ3n) is 4.73. The average molecular weight is 395 g/mol. The van der Waals surface area contributed by atoms with Crippen molar-refractivity contribution in [2.45, 2.75) is 43.5 Å². The minimum atomic E-state index is -0.271. The molecule has 0 atom stereocenters. The maximum atomic E-state index is 13.0. The summed E-state index contributed by atoms with van der Waals surface area (Å²) in [4.78, 5) is 37.8. The number of aromatic nitrogens is 3. The Morgan fingerprint density at radius 1 is 1.07 bits per heavy atom. The molecule has 2 aromatic heterocycles. The summed E-state index contributed by atoms with van der Waals surface area (Å²) in [5, 5.41) is 1.19. The first-order chi connectivity index (χ1) is 13.5. The molecule has 1 aromatic carbocycles. The molecule has 0 unspecified atom stereocenters. The van der Waals surface area contributed by atoms with Crippen molar-refractivity contribution in [3.8, 4) is 16.9 Å². The first kappa shape index (κ1) is 18.7. The van der Waals surface area contributed by atoms with Crippen LogP contribution in [-0.2, 0) is 6.42 Å². The van der Waals surface area contributed by atoms with Crippen LogP contribution in [0, 0.1) is 0 Å². The van der Waals surface area contributed by atoms with Gasteiger partial charge in [0.2, 0.25) is 0 Å². The summed E-state index contributed by atoms with van der Waals surface area (Å²) in [5.74, 6) is 0.742. The minimum Gasteiger partial charge on any atom is -0.497 e. The molecule has 6 nitrogen and oxygen atoms in total. The second kappa shape index (κ2) is 7.39. The molecular formula is C21H21N3O3S. The molecule has 0 fully saturated rings. The second-order valence-corrected chi connectivity index (χ2v) is 8.62. The number of benzene rings is 1. The molecule has 0 spiro atoms. The number of thioether (sulfide) groups is 1. The molecule has 0 amide bonds. The molecule has 1 N–H and O–H groups in total. The molecular weight excluding hydrogens is 374 g/mol. The lowest BCUT2D eigenvalue weighted by molar-refractivity contribution is 0.0972. The topological polar surface area (TPSA) is 84.9 Å². The standard InChI is InChI=1S/C21H21N3O3S/c1-11(2)28-21-23-19-18(20(26)24-21)16(12-7-9-13(27-3)10-8-12)17-14(22-19)5-4-6-15(17)25/h7-11H,4-6H2,1-3H3,(H,22,23,24,26). The van der Waals surface area contributed by atoms with E-state index < -0.39 is 0 Å². The van der Waals surface area contributed by atoms with Gasteiger partial charge in [-0.2, -0.15) is 0 Å². The fourth-order valence-electron chi connectivity index (χ4n) is 3.55. The fraction of sp³-hybridized carbons (Fsp3) is 0.333. The maximum absolute atomic E-state index is 13.0. The predicted octanol–water partition coefficient (Wildman–Crippen LogP) is 4.01. The Balaban J connectivity index is 2.05. The largest absolute Gasteiger partial charge is 0.497 e. The van der Waals surface area contributed by atoms with Crippen molar-refractivity contribution in [3.63, 3.8) is 0 Å². The molecule has 1 aliphatic rings. The molecule has 0 aliphatic heterocycles. The minimum absolute atomic E-state index is 0.0292. The van der Waals surface area contributed by atoms with Crippen LogP contribution in [0.2, 0.25) is 0 Å². The van der Waals surface area contributed by atoms with Crippen molar-refractivity contribution < 1.29 is 9.53 Å². The summed E-state index contributed by atoms with van der Waals surface area (Å²) in [6, 6.07) is 7.38. The van der Waals surface area contributed by atoms with E-state index in [2.05, 4.69) is 15.0 Å². The number of methoxy groups -OCH3 is 1. The van der Waals surface area contributed by atoms with Gasteiger partial charge in [0.15, 0.2) is 16.6 Å². The number of H-pyrrole nitrogens is 1. The van der Waals surface area contributed by atoms with Crippen molar-refractivity contribution in [3.05, 3.63) is 45.9 Å². The van der Waals surface area contributed by atoms with Crippen LogP contribution in [-0.4, -0.2) is 33.1 Å². The number of pyridine rings is 1. The zero-order valence-electron chi connectivity index (χ0n) is 16.0. The summed E-state index contributed by atoms with van der Waals surface area (Å²) < 4.78 is 5.24. The number of ketones is 1. The summed E-state index contributed by atoms with van der Waals surface area (Å²) in [6.45, 7) is 4.08. The van der Waals surface area contributed by atoms with E-state index in [0.29, 0.717) is 45.9 Å². The number of hydrogen-bond acceptors (Lipinski definition) is 6. The first-order valence-corrected chi connectivity index (χ1v) is 10.2. The summed E-state index contributed by atoms with van der Waals surface area (Å²) >= 11 is 1.48. The van der Waals surface area contributed by atoms with Crippen LogP contribution < -0.4 is 10.3 Å². The average Bonchev–Trinajstić information content (AvgIpc) is 2.66. The number of rotatable bonds is 4. The molecule has 0 radical (unpaired) electrons. The van der Waals surface area contributed by atoms with Crippen molar-refractivity contribution >= 4 is 28.6 Å². The highest BCUT2D eigenvalue weighted by molar-refractivity contribution is 7.99. The molecule has 144 valence electrons. The van der Waals surface area contributed by atoms with E-state index >= 15 is 0 Å². The molecule has 7 heteroatoms. The van der Waals surface area contributed by atoms with E-state index in [0.717, 1.165) is 17.7 Å². The van der Waals surface area contributed by atoms with E-state index in [9.17, 15) is 9.59 Å². The van der Waals surface area contributed by atoms with E-state index in [1.807, 2.05) is 38.1 Å². The molecule has 28 heavy (non-hydrogen) atoms. The quantitative estimate of drug-likeness (QED) is 0.531. The van der Waals surface area contributed by atoms with E-state index in [1.54, 1.807) is 7.11 Å². The Morgan fingerprint density at radius 2 is 1.82 bits per heavy atom. The second-order valence-electron chi connectivity index (χ2n) is 7.05. The Labute approximate surface area is 166 Å². The van der Waals surface area contributed by atoms with Gasteiger partial charge in [0.25, 0.3) is 5.56 Å². The number of nitrogens with one attached hydrogen (secondary N) is 1. The Morgan fingerprint density at radius 3 is 2.50 bits per heavy atom. The number of carbonyl (C=O) groups is 1. The van der Waals surface area contributed by atoms with Gasteiger partial charge in [0, 0.05) is 22.8 Å². The number of Topliss-reactive ketones (excluding diaryl/α,β-unsaturated/α-hetero) is 1. The zero-order chi connectivity index (χ0) is 19.8. The predicted molar refractivity (Wildman–Crippen MR) is 110 cm³/mol. The number of hydrogen-bond donors (Lipinski definition) is 1. The third-order valence-corrected chi connectivity index (χ3v) is 5.62. The maximum Gasteiger partial charge on any atom is 0.261 e. The lowest BCUT2D eigenvalue weighted by Crippen LogP contribution is -2.19. The number of ether oxygens (including phenoxy) is 1. The van der Waals surface area contributed by atoms with Gasteiger partial charge in [0.1, 0.15) is 5.75 Å². The van der Waals surface area contributed by atoms with Crippen molar-refractivity contribution in [2.75, 3.05) is 7.11 Å². The number of carbonyl (C=O) groups excluding carboxylic acids is 1. The molecule has 0 saturated heterocycles. The van der Waals surface area contributed by atoms with Crippen LogP contribution >= 0.6 is 11.8 Å². The molecule has 4 rings (SSSR count). The normalized spacial score (nSPS) is 13.8. The molecule has 2 heterocycles. The van der Waals surface area contributed by atoms with Crippen molar-refractivity contribution in [1.29, 1.82) is 0 Å². The molecule has 0 saturated carbocycles. The number of fused-ring (bicyclic) bond motifs is 2. The van der Waals surface area contributed by atoms with Crippen molar-refractivity contribution in [2.24, 2.45) is 0 Å². The summed E-state index contributed by atoms with van der Waals surface area (Å²) in [7, 11) is 1.60. The summed E-state index contributed by atoms with van der Waals surface area (Å²) in [6.07, 6.45) is 1.94. The lowest BCUT2D eigenvalue weighted by Gasteiger charge is -2.19. The van der Waals surface area contributed by atoms with Gasteiger partial charge in [0.05, 0.1) is 18.2 Å². The highest BCUT2D eigenvalue weighted by Gasteiger charge is 2.27. The van der Waals surface area contributed by atoms with E-state index in [1.165, 1.54) is 11.8 Å². The number of nitrogens with zero attached hydrogens (tertiary/aromatic N) is 2. The number of aromatic amines is 1. The van der Waals surface area contributed by atoms with Crippen molar-refractivity contribution in [1.82, 2.24) is 15.0 Å². The van der Waals surface area contributed by atoms with E-state index in [-0.39, 0.29) is 16.6 Å². The Bertz CT molecular complexity index is 1120. The van der Waals surface area contributed by atoms with Crippen LogP contribution in [0.3, 0.4) is 0 Å². The highest BCUT2D eigenvalue weighted by atomic mass is 32.2. The first-order valence-electron chi connectivity index (χ1n) is 9.29. The zero-order valence-corrected chi connectivity index (χ0v) is 16.9. The van der Waals surface area contributed by atoms with Gasteiger partial charge >= 0.3 is 0 Å². The van der Waals surface area contributed by atoms with Crippen LogP contribution in [0.15, 0.2) is 34.2 Å². The molecule has 1 aliphatic carbocycles. The van der Waals surface area contributed by atoms with Crippen LogP contribution in [0.5, 0.6) is 5.75 Å². The molecule has 0 bridgehead atoms. The monoisotopic (exact) mass is 395 g/mol. The smallest absolute Gasteiger partial charge is 0.261 e. The SMILES string of the molecule is COc1ccc(-c2c3c(nc4nc(SC(C)C)[nH]c(=O)c24)CCCC3=O)cc1.